The fourth-order valence-electron chi connectivity index (χ4n) is 3.50. The topological polar surface area (TPSA) is 148 Å². The summed E-state index contributed by atoms with van der Waals surface area (Å²) in [6, 6.07) is 5.39. The summed E-state index contributed by atoms with van der Waals surface area (Å²) in [7, 11) is 0. The first-order valence-electron chi connectivity index (χ1n) is 9.91. The Bertz CT molecular complexity index is 862. The number of non-ortho nitro benzene ring substituents is 1. The first-order valence-corrected chi connectivity index (χ1v) is 9.91. The van der Waals surface area contributed by atoms with Crippen LogP contribution in [0.25, 0.3) is 0 Å². The third-order valence-electron chi connectivity index (χ3n) is 4.81. The van der Waals surface area contributed by atoms with E-state index in [0.29, 0.717) is 24.6 Å². The average molecular weight is 434 g/mol. The van der Waals surface area contributed by atoms with Crippen LogP contribution in [0.2, 0.25) is 0 Å². The van der Waals surface area contributed by atoms with Crippen molar-refractivity contribution in [1.82, 2.24) is 5.32 Å². The van der Waals surface area contributed by atoms with E-state index in [1.54, 1.807) is 0 Å². The van der Waals surface area contributed by atoms with Gasteiger partial charge in [0.05, 0.1) is 35.2 Å². The second kappa shape index (κ2) is 11.2. The van der Waals surface area contributed by atoms with E-state index in [9.17, 15) is 29.9 Å². The van der Waals surface area contributed by atoms with Crippen molar-refractivity contribution in [3.05, 3.63) is 62.5 Å². The van der Waals surface area contributed by atoms with Gasteiger partial charge >= 0.3 is 11.9 Å². The SMILES string of the molecule is CCOCCC1=C(C(=O)O)C(c2cccc([N+](=O)[O-])c2)C(C(=O)O)=C(CCOCC)N1. The Morgan fingerprint density at radius 3 is 1.97 bits per heavy atom. The molecule has 0 amide bonds. The largest absolute Gasteiger partial charge is 0.478 e. The normalized spacial score (nSPS) is 14.5. The van der Waals surface area contributed by atoms with E-state index in [1.807, 2.05) is 13.8 Å². The molecule has 0 unspecified atom stereocenters. The van der Waals surface area contributed by atoms with Crippen LogP contribution in [0, 0.1) is 10.1 Å². The predicted molar refractivity (Wildman–Crippen MR) is 111 cm³/mol. The van der Waals surface area contributed by atoms with Gasteiger partial charge in [-0.15, -0.1) is 0 Å². The summed E-state index contributed by atoms with van der Waals surface area (Å²) < 4.78 is 10.7. The predicted octanol–water partition coefficient (Wildman–Crippen LogP) is 2.81. The zero-order chi connectivity index (χ0) is 23.0. The van der Waals surface area contributed by atoms with Gasteiger partial charge in [0.1, 0.15) is 0 Å². The van der Waals surface area contributed by atoms with E-state index in [0.717, 1.165) is 0 Å². The third kappa shape index (κ3) is 5.89. The lowest BCUT2D eigenvalue weighted by Gasteiger charge is -2.31. The molecule has 31 heavy (non-hydrogen) atoms. The Balaban J connectivity index is 2.67. The monoisotopic (exact) mass is 434 g/mol. The zero-order valence-corrected chi connectivity index (χ0v) is 17.4. The first-order chi connectivity index (χ1) is 14.8. The maximum atomic E-state index is 12.2. The summed E-state index contributed by atoms with van der Waals surface area (Å²) in [5, 5.41) is 34.1. The van der Waals surface area contributed by atoms with Crippen LogP contribution in [-0.2, 0) is 19.1 Å². The van der Waals surface area contributed by atoms with Crippen LogP contribution in [0.5, 0.6) is 0 Å². The third-order valence-corrected chi connectivity index (χ3v) is 4.81. The van der Waals surface area contributed by atoms with Crippen molar-refractivity contribution in [3.63, 3.8) is 0 Å². The summed E-state index contributed by atoms with van der Waals surface area (Å²) in [4.78, 5) is 35.1. The van der Waals surface area contributed by atoms with Gasteiger partial charge in [-0.1, -0.05) is 12.1 Å². The molecule has 0 aromatic heterocycles. The first kappa shape index (κ1) is 24.0. The molecule has 1 aliphatic heterocycles. The van der Waals surface area contributed by atoms with Gasteiger partial charge in [-0.3, -0.25) is 10.1 Å². The van der Waals surface area contributed by atoms with E-state index in [-0.39, 0.29) is 48.5 Å². The molecule has 10 heteroatoms. The highest BCUT2D eigenvalue weighted by molar-refractivity contribution is 5.98. The molecule has 1 aromatic carbocycles. The highest BCUT2D eigenvalue weighted by Crippen LogP contribution is 2.40. The van der Waals surface area contributed by atoms with Crippen molar-refractivity contribution in [3.8, 4) is 0 Å². The van der Waals surface area contributed by atoms with Gasteiger partial charge < -0.3 is 25.0 Å². The lowest BCUT2D eigenvalue weighted by atomic mass is 9.79. The van der Waals surface area contributed by atoms with Crippen LogP contribution in [-0.4, -0.2) is 53.5 Å². The second-order valence-corrected chi connectivity index (χ2v) is 6.70. The highest BCUT2D eigenvalue weighted by Gasteiger charge is 2.38. The number of nitrogens with one attached hydrogen (secondary N) is 1. The maximum absolute atomic E-state index is 12.2. The molecular weight excluding hydrogens is 408 g/mol. The number of dihydropyridines is 1. The van der Waals surface area contributed by atoms with Crippen LogP contribution < -0.4 is 5.32 Å². The fraction of sp³-hybridized carbons (Fsp3) is 0.429. The van der Waals surface area contributed by atoms with Crippen LogP contribution in [0.1, 0.15) is 38.2 Å². The Kier molecular flexibility index (Phi) is 8.71. The maximum Gasteiger partial charge on any atom is 0.334 e. The van der Waals surface area contributed by atoms with Gasteiger partial charge in [0.15, 0.2) is 0 Å². The standard InChI is InChI=1S/C21H26N2O8/c1-3-30-10-8-15-18(20(24)25)17(13-6-5-7-14(12-13)23(28)29)19(21(26)27)16(22-15)9-11-31-4-2/h5-7,12,17,22H,3-4,8-11H2,1-2H3,(H,24,25)(H,26,27). The molecule has 1 aromatic rings. The number of hydrogen-bond acceptors (Lipinski definition) is 7. The lowest BCUT2D eigenvalue weighted by Crippen LogP contribution is -2.33. The number of nitro groups is 1. The smallest absolute Gasteiger partial charge is 0.334 e. The molecule has 0 saturated heterocycles. The minimum Gasteiger partial charge on any atom is -0.478 e. The van der Waals surface area contributed by atoms with Gasteiger partial charge in [0.2, 0.25) is 0 Å². The van der Waals surface area contributed by atoms with Crippen molar-refractivity contribution in [1.29, 1.82) is 0 Å². The number of rotatable bonds is 12. The molecule has 1 aliphatic rings. The van der Waals surface area contributed by atoms with Gasteiger partial charge in [-0.2, -0.15) is 0 Å². The molecule has 0 aliphatic carbocycles. The molecule has 0 spiro atoms. The van der Waals surface area contributed by atoms with E-state index in [2.05, 4.69) is 5.32 Å². The van der Waals surface area contributed by atoms with Crippen molar-refractivity contribution in [2.45, 2.75) is 32.6 Å². The number of nitro benzene ring substituents is 1. The summed E-state index contributed by atoms with van der Waals surface area (Å²) in [5.41, 5.74) is 0.254. The van der Waals surface area contributed by atoms with Crippen molar-refractivity contribution < 1.29 is 34.2 Å². The molecular formula is C21H26N2O8. The van der Waals surface area contributed by atoms with E-state index < -0.39 is 22.8 Å². The molecule has 0 fully saturated rings. The summed E-state index contributed by atoms with van der Waals surface area (Å²) in [6.07, 6.45) is 0.428. The number of hydrogen-bond donors (Lipinski definition) is 3. The second-order valence-electron chi connectivity index (χ2n) is 6.70. The molecule has 1 heterocycles. The zero-order valence-electron chi connectivity index (χ0n) is 17.4. The van der Waals surface area contributed by atoms with Gasteiger partial charge in [0.25, 0.3) is 5.69 Å². The Labute approximate surface area is 179 Å². The highest BCUT2D eigenvalue weighted by atomic mass is 16.6. The molecule has 0 radical (unpaired) electrons. The number of aliphatic carboxylic acids is 2. The Hall–Kier alpha value is -3.24. The molecule has 168 valence electrons. The number of carboxylic acid groups (broad SMARTS) is 2. The van der Waals surface area contributed by atoms with Crippen LogP contribution >= 0.6 is 0 Å². The molecule has 0 saturated carbocycles. The Morgan fingerprint density at radius 1 is 1.03 bits per heavy atom. The number of benzene rings is 1. The quantitative estimate of drug-likeness (QED) is 0.256. The van der Waals surface area contributed by atoms with E-state index in [1.165, 1.54) is 24.3 Å². The molecule has 3 N–H and O–H groups in total. The van der Waals surface area contributed by atoms with Gasteiger partial charge in [-0.25, -0.2) is 9.59 Å². The number of carbonyl (C=O) groups is 2. The lowest BCUT2D eigenvalue weighted by molar-refractivity contribution is -0.384. The minimum atomic E-state index is -1.31. The summed E-state index contributed by atoms with van der Waals surface area (Å²) in [6.45, 7) is 4.97. The molecule has 0 bridgehead atoms. The Morgan fingerprint density at radius 2 is 1.55 bits per heavy atom. The minimum absolute atomic E-state index is 0.169. The number of nitrogens with zero attached hydrogens (tertiary/aromatic N) is 1. The van der Waals surface area contributed by atoms with Crippen molar-refractivity contribution >= 4 is 17.6 Å². The van der Waals surface area contributed by atoms with E-state index >= 15 is 0 Å². The van der Waals surface area contributed by atoms with Crippen LogP contribution in [0.15, 0.2) is 46.8 Å². The number of carboxylic acids is 2. The fourth-order valence-corrected chi connectivity index (χ4v) is 3.50. The summed E-state index contributed by atoms with van der Waals surface area (Å²) >= 11 is 0. The van der Waals surface area contributed by atoms with Crippen molar-refractivity contribution in [2.75, 3.05) is 26.4 Å². The van der Waals surface area contributed by atoms with Crippen LogP contribution in [0.3, 0.4) is 0 Å². The molecule has 10 nitrogen and oxygen atoms in total. The van der Waals surface area contributed by atoms with Gasteiger partial charge in [0, 0.05) is 49.6 Å². The van der Waals surface area contributed by atoms with E-state index in [4.69, 9.17) is 9.47 Å². The van der Waals surface area contributed by atoms with Crippen molar-refractivity contribution in [2.24, 2.45) is 0 Å². The summed E-state index contributed by atoms with van der Waals surface area (Å²) in [5.74, 6) is -3.80. The van der Waals surface area contributed by atoms with Crippen LogP contribution in [0.4, 0.5) is 5.69 Å². The average Bonchev–Trinajstić information content (AvgIpc) is 2.73. The number of ether oxygens (including phenoxy) is 2. The molecule has 0 atom stereocenters. The molecule has 2 rings (SSSR count). The van der Waals surface area contributed by atoms with Gasteiger partial charge in [-0.05, 0) is 19.4 Å².